The van der Waals surface area contributed by atoms with Crippen molar-refractivity contribution in [2.75, 3.05) is 6.61 Å². The van der Waals surface area contributed by atoms with Gasteiger partial charge in [0.15, 0.2) is 14.1 Å². The van der Waals surface area contributed by atoms with Gasteiger partial charge >= 0.3 is 0 Å². The van der Waals surface area contributed by atoms with Crippen LogP contribution in [0.2, 0.25) is 18.1 Å². The molecular weight excluding hydrogens is 326 g/mol. The molecular formula is C21H31NO2Si. The smallest absolute Gasteiger partial charge is 0.191 e. The van der Waals surface area contributed by atoms with Crippen molar-refractivity contribution in [2.45, 2.75) is 70.0 Å². The van der Waals surface area contributed by atoms with E-state index in [9.17, 15) is 4.79 Å². The van der Waals surface area contributed by atoms with Crippen LogP contribution in [0.25, 0.3) is 0 Å². The van der Waals surface area contributed by atoms with Gasteiger partial charge in [-0.3, -0.25) is 9.78 Å². The second-order valence-corrected chi connectivity index (χ2v) is 13.9. The highest BCUT2D eigenvalue weighted by molar-refractivity contribution is 6.74. The molecule has 0 spiro atoms. The van der Waals surface area contributed by atoms with Gasteiger partial charge in [0.1, 0.15) is 0 Å². The summed E-state index contributed by atoms with van der Waals surface area (Å²) in [5, 5.41) is 0.223. The molecule has 3 rings (SSSR count). The lowest BCUT2D eigenvalue weighted by Crippen LogP contribution is -2.43. The SMILES string of the molecule is CC(C)(C)[Si](C)(C)OCCC[C@]12C(=O)C=CC[C@H]1Cc1ncccc12. The van der Waals surface area contributed by atoms with E-state index >= 15 is 0 Å². The number of carbonyl (C=O) groups excluding carboxylic acids is 1. The maximum Gasteiger partial charge on any atom is 0.191 e. The fourth-order valence-electron chi connectivity index (χ4n) is 4.10. The lowest BCUT2D eigenvalue weighted by Gasteiger charge is -2.38. The van der Waals surface area contributed by atoms with Crippen molar-refractivity contribution in [3.05, 3.63) is 41.7 Å². The molecule has 0 aliphatic heterocycles. The second-order valence-electron chi connectivity index (χ2n) is 9.08. The van der Waals surface area contributed by atoms with Gasteiger partial charge in [-0.2, -0.15) is 0 Å². The monoisotopic (exact) mass is 357 g/mol. The van der Waals surface area contributed by atoms with Gasteiger partial charge in [-0.1, -0.05) is 32.9 Å². The van der Waals surface area contributed by atoms with Crippen LogP contribution in [0, 0.1) is 5.92 Å². The van der Waals surface area contributed by atoms with Crippen LogP contribution >= 0.6 is 0 Å². The first kappa shape index (κ1) is 18.5. The van der Waals surface area contributed by atoms with Crippen LogP contribution < -0.4 is 0 Å². The average molecular weight is 358 g/mol. The van der Waals surface area contributed by atoms with Gasteiger partial charge in [0, 0.05) is 18.5 Å². The quantitative estimate of drug-likeness (QED) is 0.560. The Bertz CT molecular complexity index is 689. The van der Waals surface area contributed by atoms with Gasteiger partial charge in [0.05, 0.1) is 5.41 Å². The molecule has 4 heteroatoms. The second kappa shape index (κ2) is 6.47. The van der Waals surface area contributed by atoms with Crippen molar-refractivity contribution in [3.63, 3.8) is 0 Å². The molecule has 0 unspecified atom stereocenters. The molecule has 136 valence electrons. The van der Waals surface area contributed by atoms with Crippen LogP contribution in [0.1, 0.15) is 51.3 Å². The summed E-state index contributed by atoms with van der Waals surface area (Å²) in [5.41, 5.74) is 1.92. The minimum Gasteiger partial charge on any atom is -0.417 e. The number of fused-ring (bicyclic) bond motifs is 3. The molecule has 1 aromatic rings. The first-order valence-electron chi connectivity index (χ1n) is 9.48. The van der Waals surface area contributed by atoms with Gasteiger partial charge in [0.2, 0.25) is 0 Å². The summed E-state index contributed by atoms with van der Waals surface area (Å²) in [6, 6.07) is 4.09. The summed E-state index contributed by atoms with van der Waals surface area (Å²) < 4.78 is 6.35. The third-order valence-electron chi connectivity index (χ3n) is 6.62. The number of ketones is 1. The Morgan fingerprint density at radius 2 is 2.12 bits per heavy atom. The molecule has 0 amide bonds. The standard InChI is InChI=1S/C21H31NO2Si/c1-20(2,3)25(4,5)24-14-8-12-21-16(9-6-11-19(21)23)15-18-17(21)10-7-13-22-18/h6-7,10-11,13,16H,8-9,12,14-15H2,1-5H3/t16-,21-/m0/s1. The zero-order chi connectivity index (χ0) is 18.3. The maximum absolute atomic E-state index is 13.0. The van der Waals surface area contributed by atoms with E-state index < -0.39 is 8.32 Å². The normalized spacial score (nSPS) is 25.8. The number of nitrogens with zero attached hydrogens (tertiary/aromatic N) is 1. The minimum absolute atomic E-state index is 0.223. The summed E-state index contributed by atoms with van der Waals surface area (Å²) >= 11 is 0. The summed E-state index contributed by atoms with van der Waals surface area (Å²) in [4.78, 5) is 17.5. The van der Waals surface area contributed by atoms with E-state index in [1.807, 2.05) is 18.3 Å². The molecule has 0 aromatic carbocycles. The van der Waals surface area contributed by atoms with E-state index in [1.54, 1.807) is 6.08 Å². The molecule has 0 saturated carbocycles. The van der Waals surface area contributed by atoms with Crippen molar-refractivity contribution in [1.82, 2.24) is 4.98 Å². The van der Waals surface area contributed by atoms with Crippen molar-refractivity contribution in [3.8, 4) is 0 Å². The molecule has 0 fully saturated rings. The third kappa shape index (κ3) is 3.15. The van der Waals surface area contributed by atoms with Gasteiger partial charge in [-0.15, -0.1) is 0 Å². The van der Waals surface area contributed by atoms with E-state index in [-0.39, 0.29) is 16.2 Å². The third-order valence-corrected chi connectivity index (χ3v) is 11.2. The number of pyridine rings is 1. The van der Waals surface area contributed by atoms with E-state index in [1.165, 1.54) is 5.56 Å². The molecule has 0 N–H and O–H groups in total. The molecule has 0 bridgehead atoms. The fourth-order valence-corrected chi connectivity index (χ4v) is 5.19. The molecule has 2 atom stereocenters. The number of aromatic nitrogens is 1. The van der Waals surface area contributed by atoms with E-state index in [4.69, 9.17) is 4.43 Å². The van der Waals surface area contributed by atoms with Crippen molar-refractivity contribution in [2.24, 2.45) is 5.92 Å². The first-order chi connectivity index (χ1) is 11.7. The Morgan fingerprint density at radius 3 is 2.84 bits per heavy atom. The van der Waals surface area contributed by atoms with Crippen LogP contribution in [0.5, 0.6) is 0 Å². The average Bonchev–Trinajstić information content (AvgIpc) is 2.86. The Balaban J connectivity index is 1.75. The number of rotatable bonds is 5. The van der Waals surface area contributed by atoms with Gasteiger partial charge in [-0.05, 0) is 67.4 Å². The zero-order valence-electron chi connectivity index (χ0n) is 16.3. The largest absolute Gasteiger partial charge is 0.417 e. The molecule has 3 nitrogen and oxygen atoms in total. The van der Waals surface area contributed by atoms with Crippen LogP contribution in [0.15, 0.2) is 30.5 Å². The Kier molecular flexibility index (Phi) is 4.80. The maximum atomic E-state index is 13.0. The highest BCUT2D eigenvalue weighted by Gasteiger charge is 2.52. The lowest BCUT2D eigenvalue weighted by molar-refractivity contribution is -0.122. The fraction of sp³-hybridized carbons (Fsp3) is 0.619. The van der Waals surface area contributed by atoms with Crippen LogP contribution in [0.4, 0.5) is 0 Å². The predicted molar refractivity (Wildman–Crippen MR) is 104 cm³/mol. The van der Waals surface area contributed by atoms with Crippen molar-refractivity contribution >= 4 is 14.1 Å². The molecule has 1 heterocycles. The summed E-state index contributed by atoms with van der Waals surface area (Å²) in [7, 11) is -1.73. The highest BCUT2D eigenvalue weighted by atomic mass is 28.4. The number of hydrogen-bond donors (Lipinski definition) is 0. The topological polar surface area (TPSA) is 39.2 Å². The van der Waals surface area contributed by atoms with Crippen molar-refractivity contribution < 1.29 is 9.22 Å². The van der Waals surface area contributed by atoms with E-state index in [0.29, 0.717) is 5.92 Å². The van der Waals surface area contributed by atoms with E-state index in [2.05, 4.69) is 44.9 Å². The van der Waals surface area contributed by atoms with Gasteiger partial charge in [0.25, 0.3) is 0 Å². The molecule has 0 saturated heterocycles. The molecule has 0 radical (unpaired) electrons. The Morgan fingerprint density at radius 1 is 1.36 bits per heavy atom. The van der Waals surface area contributed by atoms with Gasteiger partial charge < -0.3 is 4.43 Å². The molecule has 1 aromatic heterocycles. The predicted octanol–water partition coefficient (Wildman–Crippen LogP) is 4.82. The number of hydrogen-bond acceptors (Lipinski definition) is 3. The highest BCUT2D eigenvalue weighted by Crippen LogP contribution is 2.50. The minimum atomic E-state index is -1.73. The number of allylic oxidation sites excluding steroid dienone is 2. The Hall–Kier alpha value is -1.26. The van der Waals surface area contributed by atoms with Crippen LogP contribution in [-0.4, -0.2) is 25.7 Å². The Labute approximate surface area is 153 Å². The number of carbonyl (C=O) groups is 1. The summed E-state index contributed by atoms with van der Waals surface area (Å²) in [6.45, 7) is 12.1. The lowest BCUT2D eigenvalue weighted by atomic mass is 9.65. The molecule has 2 aliphatic rings. The van der Waals surface area contributed by atoms with Crippen LogP contribution in [-0.2, 0) is 21.1 Å². The first-order valence-corrected chi connectivity index (χ1v) is 12.4. The molecule has 2 aliphatic carbocycles. The van der Waals surface area contributed by atoms with Crippen molar-refractivity contribution in [1.29, 1.82) is 0 Å². The van der Waals surface area contributed by atoms with Gasteiger partial charge in [-0.25, -0.2) is 0 Å². The summed E-state index contributed by atoms with van der Waals surface area (Å²) in [6.07, 6.45) is 9.39. The van der Waals surface area contributed by atoms with E-state index in [0.717, 1.165) is 38.0 Å². The van der Waals surface area contributed by atoms with Crippen LogP contribution in [0.3, 0.4) is 0 Å². The zero-order valence-corrected chi connectivity index (χ0v) is 17.3. The molecule has 25 heavy (non-hydrogen) atoms. The summed E-state index contributed by atoms with van der Waals surface area (Å²) in [5.74, 6) is 0.630.